The Balaban J connectivity index is 2.17. The van der Waals surface area contributed by atoms with Crippen molar-refractivity contribution in [1.82, 2.24) is 4.72 Å². The summed E-state index contributed by atoms with van der Waals surface area (Å²) in [6.07, 6.45) is 0. The maximum Gasteiger partial charge on any atom is 0.242 e. The Morgan fingerprint density at radius 1 is 1.15 bits per heavy atom. The number of rotatable bonds is 4. The summed E-state index contributed by atoms with van der Waals surface area (Å²) in [4.78, 5) is 0.0288. The average Bonchev–Trinajstić information content (AvgIpc) is 2.37. The van der Waals surface area contributed by atoms with Gasteiger partial charge in [-0.25, -0.2) is 13.1 Å². The first kappa shape index (κ1) is 15.3. The van der Waals surface area contributed by atoms with Gasteiger partial charge in [-0.2, -0.15) is 0 Å². The summed E-state index contributed by atoms with van der Waals surface area (Å²) in [5.41, 5.74) is 0.736. The van der Waals surface area contributed by atoms with Crippen molar-refractivity contribution in [3.63, 3.8) is 0 Å². The van der Waals surface area contributed by atoms with Crippen LogP contribution in [0.1, 0.15) is 5.56 Å². The van der Waals surface area contributed by atoms with Crippen molar-refractivity contribution in [2.45, 2.75) is 11.4 Å². The molecule has 0 aliphatic rings. The number of aromatic hydroxyl groups is 1. The predicted molar refractivity (Wildman–Crippen MR) is 81.3 cm³/mol. The molecule has 0 heterocycles. The minimum Gasteiger partial charge on any atom is -0.508 e. The molecule has 0 aliphatic carbocycles. The monoisotopic (exact) mass is 375 g/mol. The van der Waals surface area contributed by atoms with Gasteiger partial charge >= 0.3 is 0 Å². The van der Waals surface area contributed by atoms with Gasteiger partial charge in [0.1, 0.15) is 10.6 Å². The van der Waals surface area contributed by atoms with E-state index in [0.717, 1.165) is 5.56 Å². The standard InChI is InChI=1S/C13H11BrClNO3S/c14-10-3-6-13(12(15)7-10)20(18,19)16-8-9-1-4-11(17)5-2-9/h1-7,16-17H,8H2. The lowest BCUT2D eigenvalue weighted by Gasteiger charge is -2.09. The van der Waals surface area contributed by atoms with E-state index in [4.69, 9.17) is 16.7 Å². The second-order valence-electron chi connectivity index (χ2n) is 4.07. The lowest BCUT2D eigenvalue weighted by Crippen LogP contribution is -2.23. The smallest absolute Gasteiger partial charge is 0.242 e. The Morgan fingerprint density at radius 2 is 1.80 bits per heavy atom. The fourth-order valence-electron chi connectivity index (χ4n) is 1.56. The Kier molecular flexibility index (Phi) is 4.70. The van der Waals surface area contributed by atoms with Crippen molar-refractivity contribution >= 4 is 37.6 Å². The molecule has 0 fully saturated rings. The Bertz CT molecular complexity index is 717. The predicted octanol–water partition coefficient (Wildman–Crippen LogP) is 3.29. The number of nitrogens with one attached hydrogen (secondary N) is 1. The molecule has 20 heavy (non-hydrogen) atoms. The Labute approximate surface area is 130 Å². The molecule has 0 bridgehead atoms. The van der Waals surface area contributed by atoms with Crippen LogP contribution in [-0.2, 0) is 16.6 Å². The molecule has 2 N–H and O–H groups in total. The van der Waals surface area contributed by atoms with Gasteiger partial charge in [0.15, 0.2) is 0 Å². The Morgan fingerprint density at radius 3 is 2.40 bits per heavy atom. The van der Waals surface area contributed by atoms with E-state index in [0.29, 0.717) is 4.47 Å². The van der Waals surface area contributed by atoms with Gasteiger partial charge in [-0.15, -0.1) is 0 Å². The van der Waals surface area contributed by atoms with Crippen LogP contribution in [0.5, 0.6) is 5.75 Å². The topological polar surface area (TPSA) is 66.4 Å². The fourth-order valence-corrected chi connectivity index (χ4v) is 3.62. The quantitative estimate of drug-likeness (QED) is 0.860. The summed E-state index contributed by atoms with van der Waals surface area (Å²) in [5.74, 6) is 0.132. The maximum atomic E-state index is 12.1. The van der Waals surface area contributed by atoms with Crippen LogP contribution in [0.25, 0.3) is 0 Å². The first-order chi connectivity index (χ1) is 9.38. The molecule has 0 amide bonds. The molecule has 2 aromatic rings. The molecule has 7 heteroatoms. The van der Waals surface area contributed by atoms with E-state index < -0.39 is 10.0 Å². The molecule has 0 aromatic heterocycles. The molecule has 2 aromatic carbocycles. The van der Waals surface area contributed by atoms with Gasteiger partial charge in [0.25, 0.3) is 0 Å². The van der Waals surface area contributed by atoms with Gasteiger partial charge in [-0.1, -0.05) is 39.7 Å². The number of halogens is 2. The third-order valence-corrected chi connectivity index (χ3v) is 4.96. The zero-order valence-electron chi connectivity index (χ0n) is 10.2. The van der Waals surface area contributed by atoms with Gasteiger partial charge in [0, 0.05) is 11.0 Å². The van der Waals surface area contributed by atoms with Crippen LogP contribution in [0.2, 0.25) is 5.02 Å². The van der Waals surface area contributed by atoms with E-state index in [2.05, 4.69) is 20.7 Å². The molecule has 0 radical (unpaired) electrons. The molecule has 0 unspecified atom stereocenters. The summed E-state index contributed by atoms with van der Waals surface area (Å²) in [6.45, 7) is 0.120. The second-order valence-corrected chi connectivity index (χ2v) is 7.12. The summed E-state index contributed by atoms with van der Waals surface area (Å²) < 4.78 is 27.5. The van der Waals surface area contributed by atoms with E-state index in [1.807, 2.05) is 0 Å². The highest BCUT2D eigenvalue weighted by Gasteiger charge is 2.17. The molecule has 106 valence electrons. The molecule has 0 saturated carbocycles. The minimum atomic E-state index is -3.68. The van der Waals surface area contributed by atoms with E-state index in [1.54, 1.807) is 18.2 Å². The number of sulfonamides is 1. The van der Waals surface area contributed by atoms with Gasteiger partial charge in [-0.3, -0.25) is 0 Å². The van der Waals surface area contributed by atoms with Gasteiger partial charge in [0.2, 0.25) is 10.0 Å². The number of hydrogen-bond acceptors (Lipinski definition) is 3. The van der Waals surface area contributed by atoms with Crippen LogP contribution in [0.4, 0.5) is 0 Å². The molecule has 2 rings (SSSR count). The van der Waals surface area contributed by atoms with Crippen molar-refractivity contribution in [3.05, 3.63) is 57.5 Å². The first-order valence-corrected chi connectivity index (χ1v) is 8.26. The molecule has 0 spiro atoms. The summed E-state index contributed by atoms with van der Waals surface area (Å²) in [6, 6.07) is 10.8. The van der Waals surface area contributed by atoms with Crippen LogP contribution in [-0.4, -0.2) is 13.5 Å². The maximum absolute atomic E-state index is 12.1. The lowest BCUT2D eigenvalue weighted by molar-refractivity contribution is 0.475. The van der Waals surface area contributed by atoms with Crippen LogP contribution < -0.4 is 4.72 Å². The zero-order chi connectivity index (χ0) is 14.8. The van der Waals surface area contributed by atoms with Gasteiger partial charge in [-0.05, 0) is 35.9 Å². The highest BCUT2D eigenvalue weighted by atomic mass is 79.9. The average molecular weight is 377 g/mol. The van der Waals surface area contributed by atoms with Crippen molar-refractivity contribution in [3.8, 4) is 5.75 Å². The van der Waals surface area contributed by atoms with Crippen molar-refractivity contribution < 1.29 is 13.5 Å². The van der Waals surface area contributed by atoms with E-state index in [1.165, 1.54) is 24.3 Å². The Hall–Kier alpha value is -1.08. The molecular formula is C13H11BrClNO3S. The van der Waals surface area contributed by atoms with E-state index >= 15 is 0 Å². The SMILES string of the molecule is O=S(=O)(NCc1ccc(O)cc1)c1ccc(Br)cc1Cl. The highest BCUT2D eigenvalue weighted by Crippen LogP contribution is 2.25. The minimum absolute atomic E-state index is 0.0288. The van der Waals surface area contributed by atoms with Crippen LogP contribution in [0.3, 0.4) is 0 Å². The van der Waals surface area contributed by atoms with Crippen LogP contribution in [0, 0.1) is 0 Å². The largest absolute Gasteiger partial charge is 0.508 e. The molecule has 0 saturated heterocycles. The van der Waals surface area contributed by atoms with Gasteiger partial charge < -0.3 is 5.11 Å². The van der Waals surface area contributed by atoms with Gasteiger partial charge in [0.05, 0.1) is 5.02 Å². The molecule has 0 aliphatic heterocycles. The number of phenols is 1. The third kappa shape index (κ3) is 3.73. The van der Waals surface area contributed by atoms with Crippen molar-refractivity contribution in [2.24, 2.45) is 0 Å². The summed E-state index contributed by atoms with van der Waals surface area (Å²) in [7, 11) is -3.68. The number of phenolic OH excluding ortho intramolecular Hbond substituents is 1. The van der Waals surface area contributed by atoms with E-state index in [9.17, 15) is 8.42 Å². The molecule has 0 atom stereocenters. The van der Waals surface area contributed by atoms with Crippen LogP contribution in [0.15, 0.2) is 51.8 Å². The number of benzene rings is 2. The van der Waals surface area contributed by atoms with Crippen molar-refractivity contribution in [1.29, 1.82) is 0 Å². The van der Waals surface area contributed by atoms with Crippen LogP contribution >= 0.6 is 27.5 Å². The molecular weight excluding hydrogens is 366 g/mol. The second kappa shape index (κ2) is 6.13. The summed E-state index contributed by atoms with van der Waals surface area (Å²) in [5, 5.41) is 9.32. The number of hydrogen-bond donors (Lipinski definition) is 2. The highest BCUT2D eigenvalue weighted by molar-refractivity contribution is 9.10. The third-order valence-electron chi connectivity index (χ3n) is 2.59. The molecule has 4 nitrogen and oxygen atoms in total. The fraction of sp³-hybridized carbons (Fsp3) is 0.0769. The zero-order valence-corrected chi connectivity index (χ0v) is 13.3. The summed E-state index contributed by atoms with van der Waals surface area (Å²) >= 11 is 9.16. The van der Waals surface area contributed by atoms with Crippen molar-refractivity contribution in [2.75, 3.05) is 0 Å². The first-order valence-electron chi connectivity index (χ1n) is 5.61. The normalized spacial score (nSPS) is 11.5. The van der Waals surface area contributed by atoms with E-state index in [-0.39, 0.29) is 22.2 Å². The lowest BCUT2D eigenvalue weighted by atomic mass is 10.2.